The monoisotopic (exact) mass is 285 g/mol. The van der Waals surface area contributed by atoms with Gasteiger partial charge >= 0.3 is 5.97 Å². The van der Waals surface area contributed by atoms with E-state index in [1.807, 2.05) is 19.2 Å². The lowest BCUT2D eigenvalue weighted by Gasteiger charge is -2.23. The van der Waals surface area contributed by atoms with Gasteiger partial charge in [-0.3, -0.25) is 9.69 Å². The van der Waals surface area contributed by atoms with E-state index >= 15 is 0 Å². The Labute approximate surface area is 127 Å². The second-order valence-corrected chi connectivity index (χ2v) is 5.61. The summed E-state index contributed by atoms with van der Waals surface area (Å²) in [7, 11) is 2.04. The molecule has 1 aromatic carbocycles. The summed E-state index contributed by atoms with van der Waals surface area (Å²) in [6.07, 6.45) is 9.87. The summed E-state index contributed by atoms with van der Waals surface area (Å²) in [6, 6.07) is 6.29. The molecular formula is C18H23NO2. The molecule has 0 N–H and O–H groups in total. The number of fused-ring (bicyclic) bond motifs is 1. The first-order valence-electron chi connectivity index (χ1n) is 7.63. The molecule has 0 aliphatic heterocycles. The van der Waals surface area contributed by atoms with Crippen molar-refractivity contribution in [1.82, 2.24) is 4.90 Å². The van der Waals surface area contributed by atoms with Gasteiger partial charge in [-0.25, -0.2) is 0 Å². The minimum atomic E-state index is -0.150. The Hall–Kier alpha value is -1.79. The van der Waals surface area contributed by atoms with Crippen LogP contribution in [0.1, 0.15) is 49.8 Å². The standard InChI is InChI=1S/C18H23NO2/c1-4-6-7-18(20)21-15-10-8-14-9-11-17(16(14)13-15)19(3)12-5-2/h2,8,10,13,17H,4,6-7,9,11-12H2,1,3H3. The molecule has 112 valence electrons. The summed E-state index contributed by atoms with van der Waals surface area (Å²) < 4.78 is 5.43. The van der Waals surface area contributed by atoms with Gasteiger partial charge in [0, 0.05) is 12.5 Å². The highest BCUT2D eigenvalue weighted by molar-refractivity contribution is 5.72. The van der Waals surface area contributed by atoms with Gasteiger partial charge in [0.25, 0.3) is 0 Å². The van der Waals surface area contributed by atoms with Gasteiger partial charge in [0.2, 0.25) is 0 Å². The quantitative estimate of drug-likeness (QED) is 0.456. The topological polar surface area (TPSA) is 29.5 Å². The highest BCUT2D eigenvalue weighted by Gasteiger charge is 2.26. The number of benzene rings is 1. The van der Waals surface area contributed by atoms with Crippen molar-refractivity contribution >= 4 is 5.97 Å². The first-order valence-corrected chi connectivity index (χ1v) is 7.63. The molecule has 0 saturated heterocycles. The summed E-state index contributed by atoms with van der Waals surface area (Å²) in [4.78, 5) is 13.9. The van der Waals surface area contributed by atoms with Crippen LogP contribution < -0.4 is 4.74 Å². The summed E-state index contributed by atoms with van der Waals surface area (Å²) in [5.41, 5.74) is 2.57. The van der Waals surface area contributed by atoms with E-state index in [0.717, 1.165) is 25.7 Å². The highest BCUT2D eigenvalue weighted by Crippen LogP contribution is 2.37. The number of unbranched alkanes of at least 4 members (excludes halogenated alkanes) is 1. The van der Waals surface area contributed by atoms with Crippen LogP contribution in [0.3, 0.4) is 0 Å². The first-order chi connectivity index (χ1) is 10.2. The van der Waals surface area contributed by atoms with E-state index in [4.69, 9.17) is 11.2 Å². The molecule has 0 amide bonds. The third-order valence-corrected chi connectivity index (χ3v) is 4.00. The van der Waals surface area contributed by atoms with Gasteiger partial charge in [-0.15, -0.1) is 6.42 Å². The van der Waals surface area contributed by atoms with Crippen molar-refractivity contribution < 1.29 is 9.53 Å². The Morgan fingerprint density at radius 2 is 2.33 bits per heavy atom. The molecule has 0 bridgehead atoms. The molecule has 1 aliphatic carbocycles. The number of carbonyl (C=O) groups excluding carboxylic acids is 1. The lowest BCUT2D eigenvalue weighted by molar-refractivity contribution is -0.134. The number of esters is 1. The Morgan fingerprint density at radius 1 is 1.52 bits per heavy atom. The normalized spacial score (nSPS) is 16.6. The number of aryl methyl sites for hydroxylation is 1. The Kier molecular flexibility index (Phi) is 5.41. The van der Waals surface area contributed by atoms with E-state index in [9.17, 15) is 4.79 Å². The molecule has 3 heteroatoms. The second kappa shape index (κ2) is 7.28. The van der Waals surface area contributed by atoms with Crippen molar-refractivity contribution in [3.05, 3.63) is 29.3 Å². The molecule has 0 saturated carbocycles. The predicted molar refractivity (Wildman–Crippen MR) is 84.1 cm³/mol. The van der Waals surface area contributed by atoms with E-state index < -0.39 is 0 Å². The summed E-state index contributed by atoms with van der Waals surface area (Å²) >= 11 is 0. The molecule has 2 rings (SSSR count). The Morgan fingerprint density at radius 3 is 3.05 bits per heavy atom. The average Bonchev–Trinajstić information content (AvgIpc) is 2.88. The molecule has 0 fully saturated rings. The number of hydrogen-bond acceptors (Lipinski definition) is 3. The molecule has 1 aliphatic rings. The van der Waals surface area contributed by atoms with Crippen molar-refractivity contribution in [3.8, 4) is 18.1 Å². The van der Waals surface area contributed by atoms with Crippen LogP contribution in [0.15, 0.2) is 18.2 Å². The highest BCUT2D eigenvalue weighted by atomic mass is 16.5. The van der Waals surface area contributed by atoms with Gasteiger partial charge in [-0.1, -0.05) is 25.3 Å². The zero-order chi connectivity index (χ0) is 15.2. The van der Waals surface area contributed by atoms with Crippen LogP contribution in [0, 0.1) is 12.3 Å². The van der Waals surface area contributed by atoms with E-state index in [2.05, 4.69) is 23.8 Å². The Balaban J connectivity index is 2.09. The molecule has 3 nitrogen and oxygen atoms in total. The predicted octanol–water partition coefficient (Wildman–Crippen LogP) is 3.33. The number of nitrogens with zero attached hydrogens (tertiary/aromatic N) is 1. The molecule has 1 atom stereocenters. The van der Waals surface area contributed by atoms with Crippen molar-refractivity contribution in [3.63, 3.8) is 0 Å². The van der Waals surface area contributed by atoms with Crippen LogP contribution >= 0.6 is 0 Å². The molecular weight excluding hydrogens is 262 g/mol. The maximum absolute atomic E-state index is 11.7. The summed E-state index contributed by atoms with van der Waals surface area (Å²) in [5, 5.41) is 0. The van der Waals surface area contributed by atoms with Crippen LogP contribution in [0.25, 0.3) is 0 Å². The number of hydrogen-bond donors (Lipinski definition) is 0. The van der Waals surface area contributed by atoms with Crippen LogP contribution in [-0.2, 0) is 11.2 Å². The first kappa shape index (κ1) is 15.6. The van der Waals surface area contributed by atoms with Gasteiger partial charge < -0.3 is 4.74 Å². The van der Waals surface area contributed by atoms with Gasteiger partial charge in [0.1, 0.15) is 5.75 Å². The molecule has 0 heterocycles. The molecule has 21 heavy (non-hydrogen) atoms. The smallest absolute Gasteiger partial charge is 0.311 e. The lowest BCUT2D eigenvalue weighted by atomic mass is 10.1. The van der Waals surface area contributed by atoms with Gasteiger partial charge in [-0.2, -0.15) is 0 Å². The Bertz CT molecular complexity index is 545. The number of carbonyl (C=O) groups is 1. The fourth-order valence-electron chi connectivity index (χ4n) is 2.84. The van der Waals surface area contributed by atoms with E-state index in [1.165, 1.54) is 11.1 Å². The molecule has 0 radical (unpaired) electrons. The maximum atomic E-state index is 11.7. The van der Waals surface area contributed by atoms with Gasteiger partial charge in [0.15, 0.2) is 0 Å². The van der Waals surface area contributed by atoms with Gasteiger partial charge in [-0.05, 0) is 49.6 Å². The van der Waals surface area contributed by atoms with E-state index in [-0.39, 0.29) is 5.97 Å². The van der Waals surface area contributed by atoms with Crippen LogP contribution in [0.4, 0.5) is 0 Å². The van der Waals surface area contributed by atoms with Gasteiger partial charge in [0.05, 0.1) is 6.54 Å². The minimum Gasteiger partial charge on any atom is -0.427 e. The molecule has 0 aromatic heterocycles. The fraction of sp³-hybridized carbons (Fsp3) is 0.500. The van der Waals surface area contributed by atoms with Crippen LogP contribution in [-0.4, -0.2) is 24.5 Å². The summed E-state index contributed by atoms with van der Waals surface area (Å²) in [5.74, 6) is 3.18. The van der Waals surface area contributed by atoms with E-state index in [1.54, 1.807) is 0 Å². The third-order valence-electron chi connectivity index (χ3n) is 4.00. The minimum absolute atomic E-state index is 0.150. The fourth-order valence-corrected chi connectivity index (χ4v) is 2.84. The number of rotatable bonds is 6. The summed E-state index contributed by atoms with van der Waals surface area (Å²) in [6.45, 7) is 2.69. The lowest BCUT2D eigenvalue weighted by Crippen LogP contribution is -2.23. The van der Waals surface area contributed by atoms with E-state index in [0.29, 0.717) is 24.8 Å². The van der Waals surface area contributed by atoms with Crippen LogP contribution in [0.5, 0.6) is 5.75 Å². The molecule has 1 aromatic rings. The van der Waals surface area contributed by atoms with Crippen molar-refractivity contribution in [2.24, 2.45) is 0 Å². The zero-order valence-electron chi connectivity index (χ0n) is 12.9. The van der Waals surface area contributed by atoms with Crippen molar-refractivity contribution in [2.45, 2.75) is 45.1 Å². The van der Waals surface area contributed by atoms with Crippen molar-refractivity contribution in [2.75, 3.05) is 13.6 Å². The molecule has 0 spiro atoms. The van der Waals surface area contributed by atoms with Crippen molar-refractivity contribution in [1.29, 1.82) is 0 Å². The second-order valence-electron chi connectivity index (χ2n) is 5.61. The number of ether oxygens (including phenoxy) is 1. The number of terminal acetylenes is 1. The van der Waals surface area contributed by atoms with Crippen LogP contribution in [0.2, 0.25) is 0 Å². The largest absolute Gasteiger partial charge is 0.427 e. The average molecular weight is 285 g/mol. The molecule has 1 unspecified atom stereocenters. The third kappa shape index (κ3) is 3.86. The maximum Gasteiger partial charge on any atom is 0.311 e. The zero-order valence-corrected chi connectivity index (χ0v) is 12.9. The SMILES string of the molecule is C#CCN(C)C1CCc2ccc(OC(=O)CCCC)cc21.